The van der Waals surface area contributed by atoms with Crippen molar-refractivity contribution in [1.29, 1.82) is 0 Å². The average Bonchev–Trinajstić information content (AvgIpc) is 3.26. The molecule has 1 atom stereocenters. The maximum atomic E-state index is 13.0. The quantitative estimate of drug-likeness (QED) is 0.646. The number of amides is 1. The van der Waals surface area contributed by atoms with Crippen LogP contribution in [0.25, 0.3) is 11.4 Å². The fourth-order valence-corrected chi connectivity index (χ4v) is 3.79. The maximum absolute atomic E-state index is 13.0. The monoisotopic (exact) mass is 391 g/mol. The highest BCUT2D eigenvalue weighted by Gasteiger charge is 2.28. The van der Waals surface area contributed by atoms with Gasteiger partial charge in [0.25, 0.3) is 5.91 Å². The molecule has 1 aliphatic heterocycles. The first-order chi connectivity index (χ1) is 14.3. The number of ether oxygens (including phenoxy) is 1. The number of piperidine rings is 1. The number of imidazole rings is 1. The maximum Gasteiger partial charge on any atom is 0.257 e. The first-order valence-electron chi connectivity index (χ1n) is 9.93. The van der Waals surface area contributed by atoms with E-state index in [1.165, 1.54) is 0 Å². The second-order valence-electron chi connectivity index (χ2n) is 7.22. The summed E-state index contributed by atoms with van der Waals surface area (Å²) < 4.78 is 7.31. The van der Waals surface area contributed by atoms with Gasteiger partial charge in [-0.2, -0.15) is 0 Å². The van der Waals surface area contributed by atoms with E-state index in [0.717, 1.165) is 37.3 Å². The number of nitrogens with zero attached hydrogens (tertiary/aromatic N) is 5. The van der Waals surface area contributed by atoms with Crippen molar-refractivity contribution in [2.75, 3.05) is 26.8 Å². The Morgan fingerprint density at radius 1 is 1.17 bits per heavy atom. The minimum atomic E-state index is -0.0238. The number of methoxy groups -OCH3 is 1. The van der Waals surface area contributed by atoms with E-state index >= 15 is 0 Å². The number of aromatic nitrogens is 4. The van der Waals surface area contributed by atoms with Gasteiger partial charge in [-0.15, -0.1) is 0 Å². The number of benzene rings is 1. The zero-order valence-electron chi connectivity index (χ0n) is 16.6. The van der Waals surface area contributed by atoms with Crippen molar-refractivity contribution in [2.45, 2.75) is 25.3 Å². The molecule has 1 fully saturated rings. The summed E-state index contributed by atoms with van der Waals surface area (Å²) in [6, 6.07) is 9.76. The molecule has 150 valence electrons. The van der Waals surface area contributed by atoms with E-state index in [2.05, 4.69) is 19.5 Å². The van der Waals surface area contributed by atoms with Crippen LogP contribution < -0.4 is 0 Å². The molecule has 0 aliphatic carbocycles. The Balaban J connectivity index is 1.46. The highest BCUT2D eigenvalue weighted by molar-refractivity contribution is 5.93. The van der Waals surface area contributed by atoms with Crippen LogP contribution >= 0.6 is 0 Å². The zero-order chi connectivity index (χ0) is 20.1. The van der Waals surface area contributed by atoms with Crippen LogP contribution in [0, 0.1) is 0 Å². The minimum Gasteiger partial charge on any atom is -0.383 e. The number of carbonyl (C=O) groups is 1. The van der Waals surface area contributed by atoms with Gasteiger partial charge in [0.1, 0.15) is 5.82 Å². The Kier molecular flexibility index (Phi) is 5.95. The summed E-state index contributed by atoms with van der Waals surface area (Å²) in [7, 11) is 1.70. The summed E-state index contributed by atoms with van der Waals surface area (Å²) in [4.78, 5) is 28.2. The van der Waals surface area contributed by atoms with Crippen LogP contribution in [0.2, 0.25) is 0 Å². The lowest BCUT2D eigenvalue weighted by molar-refractivity contribution is 0.0701. The van der Waals surface area contributed by atoms with E-state index in [-0.39, 0.29) is 11.8 Å². The summed E-state index contributed by atoms with van der Waals surface area (Å²) in [6.45, 7) is 2.81. The van der Waals surface area contributed by atoms with Gasteiger partial charge in [0, 0.05) is 63.0 Å². The number of rotatable bonds is 6. The molecule has 1 amide bonds. The second kappa shape index (κ2) is 8.96. The number of hydrogen-bond donors (Lipinski definition) is 0. The summed E-state index contributed by atoms with van der Waals surface area (Å²) in [6.07, 6.45) is 9.03. The molecule has 3 aromatic rings. The third-order valence-corrected chi connectivity index (χ3v) is 5.29. The fraction of sp³-hybridized carbons (Fsp3) is 0.364. The second-order valence-corrected chi connectivity index (χ2v) is 7.22. The minimum absolute atomic E-state index is 0.0238. The van der Waals surface area contributed by atoms with Gasteiger partial charge in [-0.1, -0.05) is 30.3 Å². The zero-order valence-corrected chi connectivity index (χ0v) is 16.6. The topological polar surface area (TPSA) is 73.1 Å². The standard InChI is InChI=1S/C22H25N5O2/c1-29-13-12-26-11-9-23-21(26)18-8-5-10-27(16-18)22(28)19-14-24-20(25-15-19)17-6-3-2-4-7-17/h2-4,6-7,9,11,14-15,18H,5,8,10,12-13,16H2,1H3/t18-/m1/s1. The van der Waals surface area contributed by atoms with Crippen molar-refractivity contribution >= 4 is 5.91 Å². The molecular formula is C22H25N5O2. The molecule has 0 N–H and O–H groups in total. The smallest absolute Gasteiger partial charge is 0.257 e. The van der Waals surface area contributed by atoms with E-state index in [4.69, 9.17) is 4.74 Å². The highest BCUT2D eigenvalue weighted by Crippen LogP contribution is 2.27. The summed E-state index contributed by atoms with van der Waals surface area (Å²) >= 11 is 0. The molecule has 0 radical (unpaired) electrons. The third-order valence-electron chi connectivity index (χ3n) is 5.29. The van der Waals surface area contributed by atoms with Crippen molar-refractivity contribution in [1.82, 2.24) is 24.4 Å². The van der Waals surface area contributed by atoms with E-state index < -0.39 is 0 Å². The molecule has 7 nitrogen and oxygen atoms in total. The van der Waals surface area contributed by atoms with Crippen LogP contribution in [0.3, 0.4) is 0 Å². The van der Waals surface area contributed by atoms with Crippen LogP contribution in [-0.4, -0.2) is 57.1 Å². The van der Waals surface area contributed by atoms with Gasteiger partial charge in [0.2, 0.25) is 0 Å². The lowest BCUT2D eigenvalue weighted by Gasteiger charge is -2.32. The molecule has 0 unspecified atom stereocenters. The van der Waals surface area contributed by atoms with Crippen molar-refractivity contribution in [2.24, 2.45) is 0 Å². The molecule has 0 saturated carbocycles. The largest absolute Gasteiger partial charge is 0.383 e. The van der Waals surface area contributed by atoms with Gasteiger partial charge in [0.15, 0.2) is 5.82 Å². The third kappa shape index (κ3) is 4.35. The lowest BCUT2D eigenvalue weighted by atomic mass is 9.96. The Hall–Kier alpha value is -3.06. The molecule has 0 spiro atoms. The van der Waals surface area contributed by atoms with Crippen LogP contribution in [0.15, 0.2) is 55.1 Å². The van der Waals surface area contributed by atoms with Crippen LogP contribution in [0.5, 0.6) is 0 Å². The first kappa shape index (κ1) is 19.3. The molecular weight excluding hydrogens is 366 g/mol. The highest BCUT2D eigenvalue weighted by atomic mass is 16.5. The predicted octanol–water partition coefficient (Wildman–Crippen LogP) is 3.01. The molecule has 1 aliphatic rings. The molecule has 3 heterocycles. The van der Waals surface area contributed by atoms with Crippen molar-refractivity contribution < 1.29 is 9.53 Å². The molecule has 1 saturated heterocycles. The Bertz CT molecular complexity index is 939. The lowest BCUT2D eigenvalue weighted by Crippen LogP contribution is -2.40. The summed E-state index contributed by atoms with van der Waals surface area (Å²) in [5.74, 6) is 1.85. The Morgan fingerprint density at radius 2 is 1.97 bits per heavy atom. The predicted molar refractivity (Wildman–Crippen MR) is 109 cm³/mol. The first-order valence-corrected chi connectivity index (χ1v) is 9.93. The van der Waals surface area contributed by atoms with E-state index in [9.17, 15) is 4.79 Å². The Labute approximate surface area is 170 Å². The van der Waals surface area contributed by atoms with Crippen molar-refractivity contribution in [3.05, 3.63) is 66.5 Å². The molecule has 0 bridgehead atoms. The van der Waals surface area contributed by atoms with E-state index in [1.54, 1.807) is 19.5 Å². The van der Waals surface area contributed by atoms with E-state index in [0.29, 0.717) is 24.5 Å². The summed E-state index contributed by atoms with van der Waals surface area (Å²) in [5.41, 5.74) is 1.46. The van der Waals surface area contributed by atoms with Gasteiger partial charge in [0.05, 0.1) is 12.2 Å². The van der Waals surface area contributed by atoms with Gasteiger partial charge in [-0.25, -0.2) is 15.0 Å². The number of carbonyl (C=O) groups excluding carboxylic acids is 1. The normalized spacial score (nSPS) is 16.7. The molecule has 4 rings (SSSR count). The number of hydrogen-bond acceptors (Lipinski definition) is 5. The van der Waals surface area contributed by atoms with E-state index in [1.807, 2.05) is 47.6 Å². The van der Waals surface area contributed by atoms with Crippen LogP contribution in [0.1, 0.15) is 34.9 Å². The van der Waals surface area contributed by atoms with Crippen LogP contribution in [0.4, 0.5) is 0 Å². The van der Waals surface area contributed by atoms with Gasteiger partial charge in [-0.05, 0) is 12.8 Å². The van der Waals surface area contributed by atoms with Gasteiger partial charge in [-0.3, -0.25) is 4.79 Å². The van der Waals surface area contributed by atoms with Gasteiger partial charge < -0.3 is 14.2 Å². The van der Waals surface area contributed by atoms with Crippen molar-refractivity contribution in [3.63, 3.8) is 0 Å². The molecule has 1 aromatic carbocycles. The average molecular weight is 391 g/mol. The molecule has 2 aromatic heterocycles. The molecule has 29 heavy (non-hydrogen) atoms. The number of likely N-dealkylation sites (tertiary alicyclic amines) is 1. The summed E-state index contributed by atoms with van der Waals surface area (Å²) in [5, 5.41) is 0. The SMILES string of the molecule is COCCn1ccnc1[C@@H]1CCCN(C(=O)c2cnc(-c3ccccc3)nc2)C1. The Morgan fingerprint density at radius 3 is 2.72 bits per heavy atom. The van der Waals surface area contributed by atoms with Crippen molar-refractivity contribution in [3.8, 4) is 11.4 Å². The van der Waals surface area contributed by atoms with Gasteiger partial charge >= 0.3 is 0 Å². The molecule has 7 heteroatoms. The van der Waals surface area contributed by atoms with Crippen LogP contribution in [-0.2, 0) is 11.3 Å². The fourth-order valence-electron chi connectivity index (χ4n) is 3.79.